The van der Waals surface area contributed by atoms with E-state index in [-0.39, 0.29) is 34.1 Å². The average Bonchev–Trinajstić information content (AvgIpc) is 2.62. The summed E-state index contributed by atoms with van der Waals surface area (Å²) >= 11 is 1.39. The first kappa shape index (κ1) is 19.4. The fraction of sp³-hybridized carbons (Fsp3) is 0.263. The minimum absolute atomic E-state index is 0.0971. The van der Waals surface area contributed by atoms with Gasteiger partial charge in [-0.3, -0.25) is 9.59 Å². The number of benzene rings is 2. The zero-order valence-corrected chi connectivity index (χ0v) is 16.6. The molecule has 0 radical (unpaired) electrons. The predicted molar refractivity (Wildman–Crippen MR) is 107 cm³/mol. The molecule has 2 N–H and O–H groups in total. The van der Waals surface area contributed by atoms with Gasteiger partial charge in [-0.2, -0.15) is 0 Å². The summed E-state index contributed by atoms with van der Waals surface area (Å²) in [6.45, 7) is 3.73. The molecule has 8 heteroatoms. The molecule has 6 nitrogen and oxygen atoms in total. The monoisotopic (exact) mass is 404 g/mol. The van der Waals surface area contributed by atoms with Crippen molar-refractivity contribution in [2.45, 2.75) is 35.3 Å². The van der Waals surface area contributed by atoms with Gasteiger partial charge in [-0.05, 0) is 44.2 Å². The maximum absolute atomic E-state index is 12.6. The van der Waals surface area contributed by atoms with E-state index in [0.717, 1.165) is 10.5 Å². The highest BCUT2D eigenvalue weighted by Gasteiger charge is 2.25. The largest absolute Gasteiger partial charge is 0.326 e. The third-order valence-corrected chi connectivity index (χ3v) is 7.07. The van der Waals surface area contributed by atoms with Gasteiger partial charge in [0.1, 0.15) is 0 Å². The second-order valence-electron chi connectivity index (χ2n) is 6.39. The van der Waals surface area contributed by atoms with Crippen LogP contribution in [0.4, 0.5) is 11.4 Å². The maximum atomic E-state index is 12.6. The molecule has 0 unspecified atom stereocenters. The van der Waals surface area contributed by atoms with E-state index in [9.17, 15) is 18.0 Å². The number of fused-ring (bicyclic) bond motifs is 1. The Morgan fingerprint density at radius 3 is 2.59 bits per heavy atom. The van der Waals surface area contributed by atoms with Crippen LogP contribution in [0.1, 0.15) is 18.9 Å². The molecule has 0 saturated carbocycles. The number of sulfone groups is 1. The van der Waals surface area contributed by atoms with Gasteiger partial charge < -0.3 is 10.6 Å². The van der Waals surface area contributed by atoms with Crippen molar-refractivity contribution in [3.05, 3.63) is 48.0 Å². The second kappa shape index (κ2) is 7.74. The van der Waals surface area contributed by atoms with Crippen LogP contribution >= 0.6 is 11.8 Å². The number of nitrogens with one attached hydrogen (secondary N) is 2. The fourth-order valence-electron chi connectivity index (χ4n) is 2.59. The third kappa shape index (κ3) is 4.70. The highest BCUT2D eigenvalue weighted by atomic mass is 32.2. The lowest BCUT2D eigenvalue weighted by Crippen LogP contribution is -2.26. The minimum Gasteiger partial charge on any atom is -0.326 e. The highest BCUT2D eigenvalue weighted by molar-refractivity contribution is 8.01. The van der Waals surface area contributed by atoms with Gasteiger partial charge >= 0.3 is 0 Å². The Morgan fingerprint density at radius 1 is 1.19 bits per heavy atom. The molecule has 2 amide bonds. The van der Waals surface area contributed by atoms with Gasteiger partial charge in [0.15, 0.2) is 9.84 Å². The van der Waals surface area contributed by atoms with Crippen molar-refractivity contribution in [1.82, 2.24) is 0 Å². The Kier molecular flexibility index (Phi) is 5.57. The van der Waals surface area contributed by atoms with E-state index in [2.05, 4.69) is 10.6 Å². The molecule has 0 spiro atoms. The third-order valence-electron chi connectivity index (χ3n) is 4.17. The van der Waals surface area contributed by atoms with E-state index in [1.54, 1.807) is 25.1 Å². The van der Waals surface area contributed by atoms with Crippen LogP contribution in [0, 0.1) is 6.92 Å². The molecular weight excluding hydrogens is 384 g/mol. The van der Waals surface area contributed by atoms with Crippen molar-refractivity contribution in [1.29, 1.82) is 0 Å². The molecule has 142 valence electrons. The standard InChI is InChI=1S/C19H20N2O4S2/c1-12-3-5-14(6-4-12)20-18(22)9-10-27(24,25)15-7-8-17-16(11-15)21-19(23)13(2)26-17/h3-8,11,13H,9-10H2,1-2H3,(H,20,22)(H,21,23)/t13-/m0/s1. The second-order valence-corrected chi connectivity index (χ2v) is 9.88. The molecule has 0 aromatic heterocycles. The summed E-state index contributed by atoms with van der Waals surface area (Å²) in [6.07, 6.45) is -0.147. The van der Waals surface area contributed by atoms with E-state index >= 15 is 0 Å². The average molecular weight is 405 g/mol. The number of rotatable bonds is 5. The molecule has 2 aromatic carbocycles. The van der Waals surface area contributed by atoms with Gasteiger partial charge in [0, 0.05) is 17.0 Å². The van der Waals surface area contributed by atoms with Crippen molar-refractivity contribution in [2.75, 3.05) is 16.4 Å². The number of hydrogen-bond acceptors (Lipinski definition) is 5. The number of amides is 2. The molecule has 3 rings (SSSR count). The van der Waals surface area contributed by atoms with Gasteiger partial charge in [0.05, 0.1) is 21.6 Å². The Morgan fingerprint density at radius 2 is 1.89 bits per heavy atom. The first-order chi connectivity index (χ1) is 12.7. The van der Waals surface area contributed by atoms with Crippen LogP contribution in [0.25, 0.3) is 0 Å². The molecule has 1 atom stereocenters. The Balaban J connectivity index is 1.66. The first-order valence-corrected chi connectivity index (χ1v) is 11.0. The number of thioether (sulfide) groups is 1. The van der Waals surface area contributed by atoms with Crippen LogP contribution < -0.4 is 10.6 Å². The molecule has 0 fully saturated rings. The highest BCUT2D eigenvalue weighted by Crippen LogP contribution is 2.36. The number of carbonyl (C=O) groups is 2. The molecular formula is C19H20N2O4S2. The minimum atomic E-state index is -3.64. The summed E-state index contributed by atoms with van der Waals surface area (Å²) in [5.74, 6) is -0.821. The Bertz CT molecular complexity index is 985. The van der Waals surface area contributed by atoms with E-state index in [1.807, 2.05) is 19.1 Å². The zero-order valence-electron chi connectivity index (χ0n) is 15.0. The lowest BCUT2D eigenvalue weighted by molar-refractivity contribution is -0.116. The SMILES string of the molecule is Cc1ccc(NC(=O)CCS(=O)(=O)c2ccc3c(c2)NC(=O)[C@H](C)S3)cc1. The van der Waals surface area contributed by atoms with Crippen LogP contribution in [0.15, 0.2) is 52.3 Å². The lowest BCUT2D eigenvalue weighted by atomic mass is 10.2. The van der Waals surface area contributed by atoms with Crippen LogP contribution in [-0.2, 0) is 19.4 Å². The van der Waals surface area contributed by atoms with Crippen LogP contribution in [0.3, 0.4) is 0 Å². The van der Waals surface area contributed by atoms with E-state index < -0.39 is 9.84 Å². The van der Waals surface area contributed by atoms with Crippen molar-refractivity contribution >= 4 is 44.8 Å². The summed E-state index contributed by atoms with van der Waals surface area (Å²) < 4.78 is 25.1. The molecule has 0 bridgehead atoms. The number of anilines is 2. The van der Waals surface area contributed by atoms with Gasteiger partial charge in [-0.1, -0.05) is 17.7 Å². The van der Waals surface area contributed by atoms with Crippen molar-refractivity contribution in [3.8, 4) is 0 Å². The van der Waals surface area contributed by atoms with E-state index in [4.69, 9.17) is 0 Å². The smallest absolute Gasteiger partial charge is 0.237 e. The summed E-state index contributed by atoms with van der Waals surface area (Å²) in [5, 5.41) is 5.19. The van der Waals surface area contributed by atoms with Crippen LogP contribution in [0.5, 0.6) is 0 Å². The quantitative estimate of drug-likeness (QED) is 0.798. The van der Waals surface area contributed by atoms with E-state index in [1.165, 1.54) is 23.9 Å². The van der Waals surface area contributed by atoms with Crippen molar-refractivity contribution < 1.29 is 18.0 Å². The summed E-state index contributed by atoms with van der Waals surface area (Å²) in [5.41, 5.74) is 2.20. The summed E-state index contributed by atoms with van der Waals surface area (Å²) in [7, 11) is -3.64. The number of carbonyl (C=O) groups excluding carboxylic acids is 2. The topological polar surface area (TPSA) is 92.3 Å². The molecule has 1 aliphatic heterocycles. The lowest BCUT2D eigenvalue weighted by Gasteiger charge is -2.21. The van der Waals surface area contributed by atoms with Crippen LogP contribution in [0.2, 0.25) is 0 Å². The van der Waals surface area contributed by atoms with Gasteiger partial charge in [-0.25, -0.2) is 8.42 Å². The fourth-order valence-corrected chi connectivity index (χ4v) is 4.78. The molecule has 0 saturated heterocycles. The number of aryl methyl sites for hydroxylation is 1. The van der Waals surface area contributed by atoms with Gasteiger partial charge in [0.25, 0.3) is 0 Å². The van der Waals surface area contributed by atoms with Crippen LogP contribution in [-0.4, -0.2) is 31.2 Å². The first-order valence-electron chi connectivity index (χ1n) is 8.45. The molecule has 0 aliphatic carbocycles. The van der Waals surface area contributed by atoms with Crippen molar-refractivity contribution in [3.63, 3.8) is 0 Å². The predicted octanol–water partition coefficient (Wildman–Crippen LogP) is 3.23. The molecule has 2 aromatic rings. The molecule has 27 heavy (non-hydrogen) atoms. The molecule has 1 aliphatic rings. The Hall–Kier alpha value is -2.32. The van der Waals surface area contributed by atoms with Crippen molar-refractivity contribution in [2.24, 2.45) is 0 Å². The van der Waals surface area contributed by atoms with E-state index in [0.29, 0.717) is 11.4 Å². The molecule has 1 heterocycles. The summed E-state index contributed by atoms with van der Waals surface area (Å²) in [4.78, 5) is 24.8. The van der Waals surface area contributed by atoms with Gasteiger partial charge in [0.2, 0.25) is 11.8 Å². The summed E-state index contributed by atoms with van der Waals surface area (Å²) in [6, 6.07) is 11.9. The normalized spacial score (nSPS) is 16.4. The number of hydrogen-bond donors (Lipinski definition) is 2. The van der Waals surface area contributed by atoms with Gasteiger partial charge in [-0.15, -0.1) is 11.8 Å². The maximum Gasteiger partial charge on any atom is 0.237 e. The Labute approximate surface area is 162 Å². The zero-order chi connectivity index (χ0) is 19.6.